The predicted octanol–water partition coefficient (Wildman–Crippen LogP) is 14.2. The molecule has 0 N–H and O–H groups in total. The summed E-state index contributed by atoms with van der Waals surface area (Å²) >= 11 is 0. The van der Waals surface area contributed by atoms with Crippen molar-refractivity contribution in [1.82, 2.24) is 0 Å². The zero-order chi connectivity index (χ0) is 33.2. The fraction of sp³-hybridized carbons (Fsp3) is 0. The van der Waals surface area contributed by atoms with E-state index >= 15 is 0 Å². The Kier molecular flexibility index (Phi) is 5.29. The average Bonchev–Trinajstić information content (AvgIpc) is 3.84. The molecular formula is C50H28O. The molecule has 0 amide bonds. The maximum atomic E-state index is 6.24. The second kappa shape index (κ2) is 9.94. The summed E-state index contributed by atoms with van der Waals surface area (Å²) in [5.74, 6) is 0. The number of hydrogen-bond donors (Lipinski definition) is 0. The molecule has 2 aliphatic carbocycles. The maximum absolute atomic E-state index is 6.24. The van der Waals surface area contributed by atoms with Crippen LogP contribution in [0.25, 0.3) is 121 Å². The van der Waals surface area contributed by atoms with Crippen LogP contribution >= 0.6 is 0 Å². The van der Waals surface area contributed by atoms with E-state index in [0.717, 1.165) is 21.9 Å². The molecule has 0 fully saturated rings. The summed E-state index contributed by atoms with van der Waals surface area (Å²) in [6, 6.07) is 62.7. The van der Waals surface area contributed by atoms with Gasteiger partial charge in [0, 0.05) is 10.8 Å². The summed E-state index contributed by atoms with van der Waals surface area (Å²) in [6.45, 7) is 0. The van der Waals surface area contributed by atoms with Gasteiger partial charge in [-0.25, -0.2) is 0 Å². The third-order valence-electron chi connectivity index (χ3n) is 11.4. The van der Waals surface area contributed by atoms with Gasteiger partial charge in [-0.05, 0) is 136 Å². The van der Waals surface area contributed by atoms with Crippen LogP contribution in [0.15, 0.2) is 174 Å². The highest BCUT2D eigenvalue weighted by molar-refractivity contribution is 6.20. The minimum atomic E-state index is 0.912. The molecule has 2 aliphatic rings. The molecule has 1 heteroatoms. The van der Waals surface area contributed by atoms with Crippen molar-refractivity contribution in [1.29, 1.82) is 0 Å². The molecule has 0 unspecified atom stereocenters. The first kappa shape index (κ1) is 27.2. The first-order valence-electron chi connectivity index (χ1n) is 17.7. The molecular weight excluding hydrogens is 617 g/mol. The highest BCUT2D eigenvalue weighted by Gasteiger charge is 2.25. The van der Waals surface area contributed by atoms with Crippen LogP contribution in [0.3, 0.4) is 0 Å². The van der Waals surface area contributed by atoms with Crippen molar-refractivity contribution in [2.24, 2.45) is 0 Å². The van der Waals surface area contributed by atoms with E-state index in [0.29, 0.717) is 0 Å². The topological polar surface area (TPSA) is 13.1 Å². The fourth-order valence-electron chi connectivity index (χ4n) is 9.13. The number of para-hydroxylation sites is 1. The van der Waals surface area contributed by atoms with E-state index in [1.54, 1.807) is 0 Å². The standard InChI is InChI=1S/C50H28O/c1-3-11-37-35(9-1)42-16-7-14-40-33(20-22-44(37)49(40)42)31-25-30(29-19-24-48-46(28-29)39-13-5-6-18-47(39)51-48)26-32(27-31)34-21-23-45-38-12-4-2-10-36(38)43-17-8-15-41(34)50(43)45/h1-28H. The third-order valence-corrected chi connectivity index (χ3v) is 11.4. The quantitative estimate of drug-likeness (QED) is 0.187. The Morgan fingerprint density at radius 3 is 1.25 bits per heavy atom. The Morgan fingerprint density at radius 2 is 0.667 bits per heavy atom. The van der Waals surface area contributed by atoms with Gasteiger partial charge in [0.2, 0.25) is 0 Å². The second-order valence-corrected chi connectivity index (χ2v) is 14.0. The van der Waals surface area contributed by atoms with Crippen molar-refractivity contribution in [3.63, 3.8) is 0 Å². The lowest BCUT2D eigenvalue weighted by molar-refractivity contribution is 0.669. The van der Waals surface area contributed by atoms with E-state index in [1.807, 2.05) is 6.07 Å². The van der Waals surface area contributed by atoms with Crippen LogP contribution in [-0.2, 0) is 0 Å². The van der Waals surface area contributed by atoms with Crippen LogP contribution in [0.1, 0.15) is 0 Å². The smallest absolute Gasteiger partial charge is 0.135 e. The van der Waals surface area contributed by atoms with Gasteiger partial charge in [-0.3, -0.25) is 0 Å². The van der Waals surface area contributed by atoms with Crippen LogP contribution < -0.4 is 0 Å². The lowest BCUT2D eigenvalue weighted by atomic mass is 9.88. The van der Waals surface area contributed by atoms with Crippen molar-refractivity contribution >= 4 is 43.5 Å². The van der Waals surface area contributed by atoms with Crippen molar-refractivity contribution < 1.29 is 4.42 Å². The van der Waals surface area contributed by atoms with E-state index in [1.165, 1.54) is 99.4 Å². The Bertz CT molecular complexity index is 2930. The van der Waals surface area contributed by atoms with E-state index < -0.39 is 0 Å². The lowest BCUT2D eigenvalue weighted by Crippen LogP contribution is -1.89. The van der Waals surface area contributed by atoms with Crippen LogP contribution in [0.5, 0.6) is 0 Å². The van der Waals surface area contributed by atoms with Gasteiger partial charge >= 0.3 is 0 Å². The Balaban J connectivity index is 1.13. The summed E-state index contributed by atoms with van der Waals surface area (Å²) < 4.78 is 6.24. The van der Waals surface area contributed by atoms with Gasteiger partial charge in [0.05, 0.1) is 0 Å². The molecule has 0 atom stereocenters. The summed E-state index contributed by atoms with van der Waals surface area (Å²) in [6.07, 6.45) is 0. The minimum absolute atomic E-state index is 0.912. The van der Waals surface area contributed by atoms with Crippen molar-refractivity contribution in [2.45, 2.75) is 0 Å². The molecule has 0 spiro atoms. The summed E-state index contributed by atoms with van der Waals surface area (Å²) in [5, 5.41) is 7.55. The van der Waals surface area contributed by atoms with Gasteiger partial charge in [0.1, 0.15) is 11.2 Å². The predicted molar refractivity (Wildman–Crippen MR) is 214 cm³/mol. The van der Waals surface area contributed by atoms with E-state index in [-0.39, 0.29) is 0 Å². The first-order chi connectivity index (χ1) is 25.3. The zero-order valence-corrected chi connectivity index (χ0v) is 27.6. The molecule has 0 saturated carbocycles. The number of benzene rings is 9. The van der Waals surface area contributed by atoms with Gasteiger partial charge in [-0.15, -0.1) is 0 Å². The average molecular weight is 645 g/mol. The molecule has 12 rings (SSSR count). The molecule has 10 aromatic rings. The van der Waals surface area contributed by atoms with Gasteiger partial charge in [0.25, 0.3) is 0 Å². The maximum Gasteiger partial charge on any atom is 0.135 e. The molecule has 1 nitrogen and oxygen atoms in total. The third kappa shape index (κ3) is 3.70. The molecule has 0 bridgehead atoms. The monoisotopic (exact) mass is 644 g/mol. The summed E-state index contributed by atoms with van der Waals surface area (Å²) in [7, 11) is 0. The van der Waals surface area contributed by atoms with E-state index in [2.05, 4.69) is 164 Å². The van der Waals surface area contributed by atoms with Crippen LogP contribution in [0.4, 0.5) is 0 Å². The van der Waals surface area contributed by atoms with Gasteiger partial charge in [0.15, 0.2) is 0 Å². The molecule has 51 heavy (non-hydrogen) atoms. The van der Waals surface area contributed by atoms with Gasteiger partial charge in [-0.1, -0.05) is 133 Å². The zero-order valence-electron chi connectivity index (χ0n) is 27.6. The first-order valence-corrected chi connectivity index (χ1v) is 17.7. The van der Waals surface area contributed by atoms with Crippen molar-refractivity contribution in [2.75, 3.05) is 0 Å². The Morgan fingerprint density at radius 1 is 0.235 bits per heavy atom. The number of hydrogen-bond acceptors (Lipinski definition) is 1. The number of furan rings is 1. The van der Waals surface area contributed by atoms with Crippen molar-refractivity contribution in [3.8, 4) is 77.9 Å². The van der Waals surface area contributed by atoms with Gasteiger partial charge in [-0.2, -0.15) is 0 Å². The minimum Gasteiger partial charge on any atom is -0.456 e. The fourth-order valence-corrected chi connectivity index (χ4v) is 9.13. The molecule has 0 radical (unpaired) electrons. The normalized spacial score (nSPS) is 12.3. The summed E-state index contributed by atoms with van der Waals surface area (Å²) in [5.41, 5.74) is 19.7. The molecule has 0 saturated heterocycles. The largest absolute Gasteiger partial charge is 0.456 e. The van der Waals surface area contributed by atoms with E-state index in [9.17, 15) is 0 Å². The Hall–Kier alpha value is -6.70. The number of rotatable bonds is 3. The highest BCUT2D eigenvalue weighted by atomic mass is 16.3. The van der Waals surface area contributed by atoms with Crippen LogP contribution in [0, 0.1) is 0 Å². The van der Waals surface area contributed by atoms with Crippen LogP contribution in [0.2, 0.25) is 0 Å². The lowest BCUT2D eigenvalue weighted by Gasteiger charge is -2.16. The molecule has 9 aromatic carbocycles. The molecule has 1 aromatic heterocycles. The molecule has 234 valence electrons. The second-order valence-electron chi connectivity index (χ2n) is 14.0. The van der Waals surface area contributed by atoms with E-state index in [4.69, 9.17) is 4.42 Å². The number of fused-ring (bicyclic) bond motifs is 9. The summed E-state index contributed by atoms with van der Waals surface area (Å²) in [4.78, 5) is 0. The van der Waals surface area contributed by atoms with Gasteiger partial charge < -0.3 is 4.42 Å². The Labute approximate surface area is 294 Å². The highest BCUT2D eigenvalue weighted by Crippen LogP contribution is 2.52. The molecule has 0 aliphatic heterocycles. The SMILES string of the molecule is c1ccc2c(c1)-c1cccc3c(-c4cc(-c5ccc6oc7ccccc7c6c5)cc(-c5ccc6c7c(cccc57)-c5ccccc5-6)c4)ccc-2c13. The van der Waals surface area contributed by atoms with Crippen molar-refractivity contribution in [3.05, 3.63) is 170 Å². The van der Waals surface area contributed by atoms with Crippen LogP contribution in [-0.4, -0.2) is 0 Å². The molecule has 1 heterocycles.